The van der Waals surface area contributed by atoms with Crippen molar-refractivity contribution in [2.75, 3.05) is 6.26 Å². The molecule has 0 aliphatic rings. The zero-order valence-electron chi connectivity index (χ0n) is 4.84. The summed E-state index contributed by atoms with van der Waals surface area (Å²) < 4.78 is 5.08. The van der Waals surface area contributed by atoms with Crippen LogP contribution >= 0.6 is 11.8 Å². The van der Waals surface area contributed by atoms with Gasteiger partial charge in [-0.3, -0.25) is 0 Å². The van der Waals surface area contributed by atoms with E-state index in [1.54, 1.807) is 6.20 Å². The number of nitrogens with zero attached hydrogens (tertiary/aromatic N) is 1. The molecule has 1 aromatic rings. The highest BCUT2D eigenvalue weighted by Gasteiger charge is 1.93. The highest BCUT2D eigenvalue weighted by Crippen LogP contribution is 2.12. The molecule has 1 heterocycles. The van der Waals surface area contributed by atoms with Gasteiger partial charge in [0.2, 0.25) is 0 Å². The first-order chi connectivity index (χ1) is 3.83. The minimum absolute atomic E-state index is 0.738. The number of hydrogen-bond donors (Lipinski definition) is 0. The van der Waals surface area contributed by atoms with Crippen molar-refractivity contribution in [2.45, 2.75) is 12.1 Å². The van der Waals surface area contributed by atoms with Crippen molar-refractivity contribution in [3.05, 3.63) is 12.0 Å². The van der Waals surface area contributed by atoms with Crippen molar-refractivity contribution in [1.82, 2.24) is 4.98 Å². The van der Waals surface area contributed by atoms with E-state index in [9.17, 15) is 0 Å². The summed E-state index contributed by atoms with van der Waals surface area (Å²) in [6.07, 6.45) is 3.65. The SMILES string of the molecule is CSc1ncc(C)o1. The van der Waals surface area contributed by atoms with Crippen LogP contribution in [-0.2, 0) is 0 Å². The Hall–Kier alpha value is -0.440. The summed E-state index contributed by atoms with van der Waals surface area (Å²) in [5.74, 6) is 0.870. The Balaban J connectivity index is 2.84. The van der Waals surface area contributed by atoms with E-state index in [-0.39, 0.29) is 0 Å². The van der Waals surface area contributed by atoms with Crippen molar-refractivity contribution >= 4 is 11.8 Å². The molecule has 0 fully saturated rings. The van der Waals surface area contributed by atoms with Gasteiger partial charge in [0.25, 0.3) is 5.22 Å². The molecule has 0 amide bonds. The van der Waals surface area contributed by atoms with Gasteiger partial charge in [-0.2, -0.15) is 0 Å². The first-order valence-corrected chi connectivity index (χ1v) is 3.52. The van der Waals surface area contributed by atoms with E-state index in [0.717, 1.165) is 11.0 Å². The molecule has 0 unspecified atom stereocenters. The third-order valence-corrected chi connectivity index (χ3v) is 1.31. The standard InChI is InChI=1S/C5H7NOS/c1-4-3-6-5(7-4)8-2/h3H,1-2H3. The first-order valence-electron chi connectivity index (χ1n) is 2.29. The molecule has 0 saturated heterocycles. The van der Waals surface area contributed by atoms with Crippen LogP contribution in [0.1, 0.15) is 5.76 Å². The average molecular weight is 129 g/mol. The third-order valence-electron chi connectivity index (χ3n) is 0.775. The van der Waals surface area contributed by atoms with Gasteiger partial charge in [-0.15, -0.1) is 0 Å². The number of rotatable bonds is 1. The fourth-order valence-corrected chi connectivity index (χ4v) is 0.801. The van der Waals surface area contributed by atoms with E-state index >= 15 is 0 Å². The molecular formula is C5H7NOS. The molecule has 3 heteroatoms. The van der Waals surface area contributed by atoms with E-state index < -0.39 is 0 Å². The molecular weight excluding hydrogens is 122 g/mol. The summed E-state index contributed by atoms with van der Waals surface area (Å²) in [6, 6.07) is 0. The summed E-state index contributed by atoms with van der Waals surface area (Å²) in [4.78, 5) is 3.93. The lowest BCUT2D eigenvalue weighted by molar-refractivity contribution is 0.432. The Morgan fingerprint density at radius 1 is 1.75 bits per heavy atom. The van der Waals surface area contributed by atoms with Crippen LogP contribution in [0.3, 0.4) is 0 Å². The van der Waals surface area contributed by atoms with E-state index in [2.05, 4.69) is 4.98 Å². The molecule has 0 atom stereocenters. The molecule has 8 heavy (non-hydrogen) atoms. The molecule has 0 aromatic carbocycles. The van der Waals surface area contributed by atoms with Gasteiger partial charge in [-0.25, -0.2) is 4.98 Å². The van der Waals surface area contributed by atoms with Crippen molar-refractivity contribution in [3.8, 4) is 0 Å². The second-order valence-corrected chi connectivity index (χ2v) is 2.20. The molecule has 0 saturated carbocycles. The van der Waals surface area contributed by atoms with Crippen LogP contribution in [0.15, 0.2) is 15.8 Å². The van der Waals surface area contributed by atoms with Crippen molar-refractivity contribution in [1.29, 1.82) is 0 Å². The fourth-order valence-electron chi connectivity index (χ4n) is 0.428. The largest absolute Gasteiger partial charge is 0.437 e. The average Bonchev–Trinajstić information content (AvgIpc) is 2.14. The molecule has 44 valence electrons. The lowest BCUT2D eigenvalue weighted by atomic mass is 10.6. The molecule has 1 rings (SSSR count). The Bertz CT molecular complexity index is 173. The number of oxazole rings is 1. The predicted octanol–water partition coefficient (Wildman–Crippen LogP) is 1.70. The number of thioether (sulfide) groups is 1. The van der Waals surface area contributed by atoms with Crippen LogP contribution < -0.4 is 0 Å². The molecule has 0 aliphatic carbocycles. The quantitative estimate of drug-likeness (QED) is 0.540. The lowest BCUT2D eigenvalue weighted by Crippen LogP contribution is -1.60. The zero-order valence-corrected chi connectivity index (χ0v) is 5.66. The van der Waals surface area contributed by atoms with Gasteiger partial charge in [0.15, 0.2) is 0 Å². The Morgan fingerprint density at radius 2 is 2.50 bits per heavy atom. The van der Waals surface area contributed by atoms with E-state index in [1.807, 2.05) is 13.2 Å². The molecule has 0 N–H and O–H groups in total. The lowest BCUT2D eigenvalue weighted by Gasteiger charge is -1.79. The van der Waals surface area contributed by atoms with Crippen LogP contribution in [0.2, 0.25) is 0 Å². The second-order valence-electron chi connectivity index (χ2n) is 1.44. The number of aromatic nitrogens is 1. The minimum Gasteiger partial charge on any atom is -0.437 e. The normalized spacial score (nSPS) is 9.75. The van der Waals surface area contributed by atoms with Gasteiger partial charge in [-0.1, -0.05) is 11.8 Å². The van der Waals surface area contributed by atoms with Gasteiger partial charge in [0.05, 0.1) is 6.20 Å². The monoisotopic (exact) mass is 129 g/mol. The van der Waals surface area contributed by atoms with Crippen LogP contribution in [0.4, 0.5) is 0 Å². The topological polar surface area (TPSA) is 26.0 Å². The van der Waals surface area contributed by atoms with Crippen LogP contribution in [0.5, 0.6) is 0 Å². The van der Waals surface area contributed by atoms with Gasteiger partial charge in [0.1, 0.15) is 5.76 Å². The predicted molar refractivity (Wildman–Crippen MR) is 33.0 cm³/mol. The third kappa shape index (κ3) is 1.04. The maximum absolute atomic E-state index is 5.08. The maximum atomic E-state index is 5.08. The molecule has 0 radical (unpaired) electrons. The highest BCUT2D eigenvalue weighted by molar-refractivity contribution is 7.98. The highest BCUT2D eigenvalue weighted by atomic mass is 32.2. The molecule has 0 aliphatic heterocycles. The van der Waals surface area contributed by atoms with Crippen molar-refractivity contribution in [2.24, 2.45) is 0 Å². The van der Waals surface area contributed by atoms with Crippen LogP contribution in [0, 0.1) is 6.92 Å². The Morgan fingerprint density at radius 3 is 2.75 bits per heavy atom. The molecule has 0 bridgehead atoms. The van der Waals surface area contributed by atoms with E-state index in [1.165, 1.54) is 11.8 Å². The summed E-state index contributed by atoms with van der Waals surface area (Å²) in [5, 5.41) is 0.738. The Labute approximate surface area is 52.3 Å². The summed E-state index contributed by atoms with van der Waals surface area (Å²) in [7, 11) is 0. The maximum Gasteiger partial charge on any atom is 0.255 e. The summed E-state index contributed by atoms with van der Waals surface area (Å²) >= 11 is 1.51. The fraction of sp³-hybridized carbons (Fsp3) is 0.400. The van der Waals surface area contributed by atoms with Crippen molar-refractivity contribution < 1.29 is 4.42 Å². The van der Waals surface area contributed by atoms with E-state index in [0.29, 0.717) is 0 Å². The number of aryl methyl sites for hydroxylation is 1. The smallest absolute Gasteiger partial charge is 0.255 e. The van der Waals surface area contributed by atoms with Crippen LogP contribution in [0.25, 0.3) is 0 Å². The van der Waals surface area contributed by atoms with Crippen molar-refractivity contribution in [3.63, 3.8) is 0 Å². The first kappa shape index (κ1) is 5.69. The molecule has 0 spiro atoms. The van der Waals surface area contributed by atoms with Gasteiger partial charge < -0.3 is 4.42 Å². The summed E-state index contributed by atoms with van der Waals surface area (Å²) in [6.45, 7) is 1.88. The second kappa shape index (κ2) is 2.22. The summed E-state index contributed by atoms with van der Waals surface area (Å²) in [5.41, 5.74) is 0. The van der Waals surface area contributed by atoms with Gasteiger partial charge >= 0.3 is 0 Å². The zero-order chi connectivity index (χ0) is 5.98. The number of hydrogen-bond acceptors (Lipinski definition) is 3. The van der Waals surface area contributed by atoms with Crippen LogP contribution in [-0.4, -0.2) is 11.2 Å². The van der Waals surface area contributed by atoms with E-state index in [4.69, 9.17) is 4.42 Å². The Kier molecular flexibility index (Phi) is 1.58. The van der Waals surface area contributed by atoms with Gasteiger partial charge in [-0.05, 0) is 13.2 Å². The minimum atomic E-state index is 0.738. The molecule has 1 aromatic heterocycles. The van der Waals surface area contributed by atoms with Gasteiger partial charge in [0, 0.05) is 0 Å². The molecule has 2 nitrogen and oxygen atoms in total.